The minimum absolute atomic E-state index is 0.0227. The Hall–Kier alpha value is -1.29. The summed E-state index contributed by atoms with van der Waals surface area (Å²) in [6.45, 7) is 2.63. The molecule has 1 aromatic carbocycles. The van der Waals surface area contributed by atoms with Gasteiger partial charge < -0.3 is 9.47 Å². The zero-order valence-electron chi connectivity index (χ0n) is 12.2. The Labute approximate surface area is 133 Å². The number of unbranched alkanes of at least 4 members (excludes halogenated alkanes) is 1. The van der Waals surface area contributed by atoms with Gasteiger partial charge in [-0.2, -0.15) is 0 Å². The highest BCUT2D eigenvalue weighted by Gasteiger charge is 2.36. The molecule has 2 aliphatic rings. The van der Waals surface area contributed by atoms with Crippen LogP contribution in [0, 0.1) is 5.92 Å². The van der Waals surface area contributed by atoms with E-state index < -0.39 is 0 Å². The summed E-state index contributed by atoms with van der Waals surface area (Å²) in [6.07, 6.45) is 4.36. The smallest absolute Gasteiger partial charge is 0.235 e. The van der Waals surface area contributed by atoms with Crippen LogP contribution < -0.4 is 9.47 Å². The summed E-state index contributed by atoms with van der Waals surface area (Å²) in [7, 11) is 0. The first-order valence-corrected chi connectivity index (χ1v) is 8.59. The molecule has 0 radical (unpaired) electrons. The normalized spacial score (nSPS) is 19.2. The molecule has 0 atom stereocenters. The molecule has 112 valence electrons. The molecule has 0 saturated heterocycles. The standard InChI is InChI=1S/C17H19BrO3/c1-11(12-7-8-12)17-16(19)15-13(20-10-3-2-9-18)5-4-6-14(15)21-17/h4-6,12H,2-3,7-10H2,1H3/b17-11+. The minimum atomic E-state index is -0.0227. The number of benzene rings is 1. The van der Waals surface area contributed by atoms with Crippen LogP contribution in [0.4, 0.5) is 0 Å². The fraction of sp³-hybridized carbons (Fsp3) is 0.471. The van der Waals surface area contributed by atoms with E-state index in [-0.39, 0.29) is 5.78 Å². The van der Waals surface area contributed by atoms with Gasteiger partial charge >= 0.3 is 0 Å². The SMILES string of the molecule is C/C(=C1\Oc2cccc(OCCCCBr)c2C1=O)C1CC1. The van der Waals surface area contributed by atoms with Gasteiger partial charge in [0.25, 0.3) is 0 Å². The van der Waals surface area contributed by atoms with E-state index in [0.717, 1.165) is 36.6 Å². The molecule has 1 heterocycles. The van der Waals surface area contributed by atoms with Gasteiger partial charge in [0.05, 0.1) is 6.61 Å². The lowest BCUT2D eigenvalue weighted by Crippen LogP contribution is -2.05. The van der Waals surface area contributed by atoms with Crippen molar-refractivity contribution in [2.24, 2.45) is 5.92 Å². The molecule has 1 aliphatic carbocycles. The van der Waals surface area contributed by atoms with Gasteiger partial charge in [-0.25, -0.2) is 0 Å². The largest absolute Gasteiger partial charge is 0.493 e. The van der Waals surface area contributed by atoms with E-state index >= 15 is 0 Å². The quantitative estimate of drug-likeness (QED) is 0.430. The Morgan fingerprint density at radius 2 is 2.19 bits per heavy atom. The van der Waals surface area contributed by atoms with Gasteiger partial charge in [0.2, 0.25) is 5.78 Å². The third kappa shape index (κ3) is 3.00. The monoisotopic (exact) mass is 350 g/mol. The van der Waals surface area contributed by atoms with Crippen molar-refractivity contribution >= 4 is 21.7 Å². The summed E-state index contributed by atoms with van der Waals surface area (Å²) in [5.41, 5.74) is 1.67. The molecule has 3 nitrogen and oxygen atoms in total. The summed E-state index contributed by atoms with van der Waals surface area (Å²) >= 11 is 3.40. The van der Waals surface area contributed by atoms with Gasteiger partial charge in [0.15, 0.2) is 5.76 Å². The van der Waals surface area contributed by atoms with E-state index in [4.69, 9.17) is 9.47 Å². The van der Waals surface area contributed by atoms with Crippen molar-refractivity contribution in [1.82, 2.24) is 0 Å². The molecule has 1 aromatic rings. The van der Waals surface area contributed by atoms with Gasteiger partial charge in [-0.05, 0) is 56.2 Å². The molecule has 0 bridgehead atoms. The Bertz CT molecular complexity index is 588. The number of rotatable bonds is 6. The van der Waals surface area contributed by atoms with Crippen LogP contribution in [0.15, 0.2) is 29.5 Å². The van der Waals surface area contributed by atoms with Gasteiger partial charge in [0, 0.05) is 5.33 Å². The van der Waals surface area contributed by atoms with Crippen LogP contribution in [-0.4, -0.2) is 17.7 Å². The highest BCUT2D eigenvalue weighted by molar-refractivity contribution is 9.09. The first-order valence-electron chi connectivity index (χ1n) is 7.47. The number of fused-ring (bicyclic) bond motifs is 1. The van der Waals surface area contributed by atoms with Crippen molar-refractivity contribution in [1.29, 1.82) is 0 Å². The van der Waals surface area contributed by atoms with Crippen molar-refractivity contribution in [2.45, 2.75) is 32.6 Å². The van der Waals surface area contributed by atoms with E-state index in [1.807, 2.05) is 25.1 Å². The first kappa shape index (κ1) is 14.6. The summed E-state index contributed by atoms with van der Waals surface area (Å²) < 4.78 is 11.6. The third-order valence-corrected chi connectivity index (χ3v) is 4.53. The van der Waals surface area contributed by atoms with E-state index in [1.54, 1.807) is 0 Å². The van der Waals surface area contributed by atoms with Crippen LogP contribution in [0.2, 0.25) is 0 Å². The fourth-order valence-corrected chi connectivity index (χ4v) is 2.95. The number of carbonyl (C=O) groups excluding carboxylic acids is 1. The van der Waals surface area contributed by atoms with Crippen molar-refractivity contribution in [3.05, 3.63) is 35.1 Å². The fourth-order valence-electron chi connectivity index (χ4n) is 2.55. The number of halogens is 1. The number of Topliss-reactive ketones (excluding diaryl/α,β-unsaturated/α-hetero) is 1. The Morgan fingerprint density at radius 1 is 1.38 bits per heavy atom. The zero-order chi connectivity index (χ0) is 14.8. The number of ketones is 1. The summed E-state index contributed by atoms with van der Waals surface area (Å²) in [4.78, 5) is 12.6. The molecule has 0 N–H and O–H groups in total. The lowest BCUT2D eigenvalue weighted by Gasteiger charge is -2.07. The van der Waals surface area contributed by atoms with E-state index in [1.165, 1.54) is 0 Å². The van der Waals surface area contributed by atoms with Crippen LogP contribution in [0.1, 0.15) is 43.0 Å². The molecule has 21 heavy (non-hydrogen) atoms. The number of ether oxygens (including phenoxy) is 2. The van der Waals surface area contributed by atoms with Crippen LogP contribution in [-0.2, 0) is 0 Å². The zero-order valence-corrected chi connectivity index (χ0v) is 13.7. The van der Waals surface area contributed by atoms with Crippen molar-refractivity contribution < 1.29 is 14.3 Å². The molecular weight excluding hydrogens is 332 g/mol. The molecule has 0 aromatic heterocycles. The number of alkyl halides is 1. The Kier molecular flexibility index (Phi) is 4.34. The number of hydrogen-bond donors (Lipinski definition) is 0. The summed E-state index contributed by atoms with van der Waals surface area (Å²) in [5, 5.41) is 0.971. The van der Waals surface area contributed by atoms with Crippen LogP contribution in [0.25, 0.3) is 0 Å². The third-order valence-electron chi connectivity index (χ3n) is 3.97. The van der Waals surface area contributed by atoms with E-state index in [2.05, 4.69) is 15.9 Å². The van der Waals surface area contributed by atoms with Crippen LogP contribution >= 0.6 is 15.9 Å². The second-order valence-electron chi connectivity index (χ2n) is 5.59. The Morgan fingerprint density at radius 3 is 2.90 bits per heavy atom. The van der Waals surface area contributed by atoms with Crippen LogP contribution in [0.3, 0.4) is 0 Å². The molecule has 0 unspecified atom stereocenters. The second-order valence-corrected chi connectivity index (χ2v) is 6.38. The predicted molar refractivity (Wildman–Crippen MR) is 85.3 cm³/mol. The minimum Gasteiger partial charge on any atom is -0.493 e. The van der Waals surface area contributed by atoms with E-state index in [9.17, 15) is 4.79 Å². The summed E-state index contributed by atoms with van der Waals surface area (Å²) in [6, 6.07) is 5.57. The molecule has 1 fully saturated rings. The van der Waals surface area contributed by atoms with Crippen molar-refractivity contribution in [2.75, 3.05) is 11.9 Å². The summed E-state index contributed by atoms with van der Waals surface area (Å²) in [5.74, 6) is 2.30. The molecule has 4 heteroatoms. The predicted octanol–water partition coefficient (Wildman–Crippen LogP) is 4.50. The van der Waals surface area contributed by atoms with Crippen molar-refractivity contribution in [3.8, 4) is 11.5 Å². The molecule has 1 saturated carbocycles. The number of allylic oxidation sites excluding steroid dienone is 2. The number of hydrogen-bond acceptors (Lipinski definition) is 3. The molecule has 0 spiro atoms. The van der Waals surface area contributed by atoms with E-state index in [0.29, 0.717) is 35.3 Å². The number of carbonyl (C=O) groups is 1. The van der Waals surface area contributed by atoms with Crippen LogP contribution in [0.5, 0.6) is 11.5 Å². The Balaban J connectivity index is 1.81. The molecule has 3 rings (SSSR count). The molecule has 0 amide bonds. The maximum atomic E-state index is 12.6. The highest BCUT2D eigenvalue weighted by Crippen LogP contribution is 2.43. The molecule has 1 aliphatic heterocycles. The average molecular weight is 351 g/mol. The van der Waals surface area contributed by atoms with Gasteiger partial charge in [-0.15, -0.1) is 0 Å². The maximum Gasteiger partial charge on any atom is 0.235 e. The lowest BCUT2D eigenvalue weighted by molar-refractivity contribution is 0.101. The average Bonchev–Trinajstić information content (AvgIpc) is 3.28. The maximum absolute atomic E-state index is 12.6. The van der Waals surface area contributed by atoms with Gasteiger partial charge in [-0.1, -0.05) is 22.0 Å². The second kappa shape index (κ2) is 6.22. The topological polar surface area (TPSA) is 35.5 Å². The van der Waals surface area contributed by atoms with Crippen molar-refractivity contribution in [3.63, 3.8) is 0 Å². The lowest BCUT2D eigenvalue weighted by atomic mass is 10.1. The van der Waals surface area contributed by atoms with Gasteiger partial charge in [-0.3, -0.25) is 4.79 Å². The highest BCUT2D eigenvalue weighted by atomic mass is 79.9. The van der Waals surface area contributed by atoms with Gasteiger partial charge in [0.1, 0.15) is 17.1 Å². The first-order chi connectivity index (χ1) is 10.2. The molecular formula is C17H19BrO3.